The standard InChI is InChI=1S/C24H26N2O4/c1-18-5-3-6-21(15-18)29-14-4-7-24(27)26-20-8-9-22(28-2)23(16-20)30-17-19-10-12-25-13-11-19/h3,5-6,8-13,15-16H,4,7,14,17H2,1-2H3,(H,26,27). The van der Waals surface area contributed by atoms with Gasteiger partial charge in [0.25, 0.3) is 0 Å². The minimum absolute atomic E-state index is 0.0758. The van der Waals surface area contributed by atoms with Crippen LogP contribution in [0.4, 0.5) is 5.69 Å². The van der Waals surface area contributed by atoms with Crippen molar-refractivity contribution in [1.82, 2.24) is 4.98 Å². The first kappa shape index (κ1) is 21.2. The van der Waals surface area contributed by atoms with E-state index in [9.17, 15) is 4.79 Å². The highest BCUT2D eigenvalue weighted by Gasteiger charge is 2.09. The maximum atomic E-state index is 12.3. The molecule has 0 aliphatic carbocycles. The number of benzene rings is 2. The molecule has 3 rings (SSSR count). The van der Waals surface area contributed by atoms with Crippen LogP contribution in [-0.2, 0) is 11.4 Å². The van der Waals surface area contributed by atoms with E-state index in [1.807, 2.05) is 43.3 Å². The average Bonchev–Trinajstić information content (AvgIpc) is 2.76. The third kappa shape index (κ3) is 6.51. The van der Waals surface area contributed by atoms with E-state index in [-0.39, 0.29) is 5.91 Å². The van der Waals surface area contributed by atoms with Crippen molar-refractivity contribution in [3.8, 4) is 17.2 Å². The number of hydrogen-bond donors (Lipinski definition) is 1. The molecule has 0 saturated heterocycles. The monoisotopic (exact) mass is 406 g/mol. The van der Waals surface area contributed by atoms with Crippen LogP contribution in [0, 0.1) is 6.92 Å². The predicted octanol–water partition coefficient (Wildman–Crippen LogP) is 4.78. The molecule has 1 amide bonds. The topological polar surface area (TPSA) is 69.7 Å². The van der Waals surface area contributed by atoms with E-state index in [1.165, 1.54) is 0 Å². The summed E-state index contributed by atoms with van der Waals surface area (Å²) in [6.45, 7) is 2.89. The lowest BCUT2D eigenvalue weighted by atomic mass is 10.2. The van der Waals surface area contributed by atoms with Gasteiger partial charge >= 0.3 is 0 Å². The molecule has 0 aliphatic rings. The second-order valence-corrected chi connectivity index (χ2v) is 6.83. The van der Waals surface area contributed by atoms with E-state index in [4.69, 9.17) is 14.2 Å². The van der Waals surface area contributed by atoms with Gasteiger partial charge in [-0.15, -0.1) is 0 Å². The predicted molar refractivity (Wildman–Crippen MR) is 116 cm³/mol. The number of amides is 1. The normalized spacial score (nSPS) is 10.3. The summed E-state index contributed by atoms with van der Waals surface area (Å²) in [7, 11) is 1.58. The summed E-state index contributed by atoms with van der Waals surface area (Å²) in [6.07, 6.45) is 4.43. The number of carbonyl (C=O) groups excluding carboxylic acids is 1. The quantitative estimate of drug-likeness (QED) is 0.491. The number of rotatable bonds is 10. The number of hydrogen-bond acceptors (Lipinski definition) is 5. The fourth-order valence-corrected chi connectivity index (χ4v) is 2.86. The summed E-state index contributed by atoms with van der Waals surface area (Å²) in [6, 6.07) is 17.0. The molecule has 6 nitrogen and oxygen atoms in total. The van der Waals surface area contributed by atoms with Gasteiger partial charge in [-0.05, 0) is 60.9 Å². The number of nitrogens with one attached hydrogen (secondary N) is 1. The van der Waals surface area contributed by atoms with Crippen LogP contribution in [0.5, 0.6) is 17.2 Å². The molecule has 1 heterocycles. The molecule has 3 aromatic rings. The molecule has 2 aromatic carbocycles. The third-order valence-electron chi connectivity index (χ3n) is 4.40. The van der Waals surface area contributed by atoms with Crippen molar-refractivity contribution in [1.29, 1.82) is 0 Å². The number of aryl methyl sites for hydroxylation is 1. The highest BCUT2D eigenvalue weighted by Crippen LogP contribution is 2.31. The fourth-order valence-electron chi connectivity index (χ4n) is 2.86. The highest BCUT2D eigenvalue weighted by atomic mass is 16.5. The van der Waals surface area contributed by atoms with Gasteiger partial charge in [-0.1, -0.05) is 12.1 Å². The maximum absolute atomic E-state index is 12.3. The van der Waals surface area contributed by atoms with E-state index < -0.39 is 0 Å². The largest absolute Gasteiger partial charge is 0.494 e. The van der Waals surface area contributed by atoms with Crippen molar-refractivity contribution in [2.75, 3.05) is 19.0 Å². The van der Waals surface area contributed by atoms with Gasteiger partial charge in [-0.3, -0.25) is 9.78 Å². The fraction of sp³-hybridized carbons (Fsp3) is 0.250. The summed E-state index contributed by atoms with van der Waals surface area (Å²) in [5.74, 6) is 1.91. The van der Waals surface area contributed by atoms with Gasteiger partial charge in [0.2, 0.25) is 5.91 Å². The molecule has 0 aliphatic heterocycles. The zero-order chi connectivity index (χ0) is 21.2. The van der Waals surface area contributed by atoms with Gasteiger partial charge in [0.05, 0.1) is 13.7 Å². The average molecular weight is 406 g/mol. The van der Waals surface area contributed by atoms with Crippen LogP contribution in [0.25, 0.3) is 0 Å². The number of pyridine rings is 1. The molecular weight excluding hydrogens is 380 g/mol. The molecule has 1 N–H and O–H groups in total. The Hall–Kier alpha value is -3.54. The molecule has 0 bridgehead atoms. The molecule has 0 atom stereocenters. The van der Waals surface area contributed by atoms with Crippen molar-refractivity contribution in [2.24, 2.45) is 0 Å². The lowest BCUT2D eigenvalue weighted by molar-refractivity contribution is -0.116. The van der Waals surface area contributed by atoms with Gasteiger partial charge in [-0.2, -0.15) is 0 Å². The molecule has 6 heteroatoms. The summed E-state index contributed by atoms with van der Waals surface area (Å²) in [5.41, 5.74) is 2.80. The number of methoxy groups -OCH3 is 1. The van der Waals surface area contributed by atoms with Crippen LogP contribution in [0.3, 0.4) is 0 Å². The Kier molecular flexibility index (Phi) is 7.66. The zero-order valence-corrected chi connectivity index (χ0v) is 17.3. The van der Waals surface area contributed by atoms with E-state index in [0.717, 1.165) is 16.9 Å². The highest BCUT2D eigenvalue weighted by molar-refractivity contribution is 5.91. The molecule has 0 unspecified atom stereocenters. The van der Waals surface area contributed by atoms with Crippen LogP contribution in [0.1, 0.15) is 24.0 Å². The number of carbonyl (C=O) groups is 1. The lowest BCUT2D eigenvalue weighted by Gasteiger charge is -2.13. The van der Waals surface area contributed by atoms with E-state index in [0.29, 0.717) is 43.2 Å². The zero-order valence-electron chi connectivity index (χ0n) is 17.3. The van der Waals surface area contributed by atoms with Crippen LogP contribution in [0.15, 0.2) is 67.0 Å². The third-order valence-corrected chi connectivity index (χ3v) is 4.40. The summed E-state index contributed by atoms with van der Waals surface area (Å²) in [4.78, 5) is 16.3. The Balaban J connectivity index is 1.49. The smallest absolute Gasteiger partial charge is 0.224 e. The summed E-state index contributed by atoms with van der Waals surface area (Å²) in [5, 5.41) is 2.90. The number of aromatic nitrogens is 1. The molecule has 0 radical (unpaired) electrons. The first-order valence-electron chi connectivity index (χ1n) is 9.83. The molecule has 156 valence electrons. The Morgan fingerprint density at radius 1 is 1.00 bits per heavy atom. The van der Waals surface area contributed by atoms with E-state index in [2.05, 4.69) is 10.3 Å². The lowest BCUT2D eigenvalue weighted by Crippen LogP contribution is -2.13. The second-order valence-electron chi connectivity index (χ2n) is 6.83. The van der Waals surface area contributed by atoms with Crippen molar-refractivity contribution in [3.05, 3.63) is 78.1 Å². The minimum atomic E-state index is -0.0758. The summed E-state index contributed by atoms with van der Waals surface area (Å²) < 4.78 is 16.9. The van der Waals surface area contributed by atoms with Gasteiger partial charge in [0.1, 0.15) is 12.4 Å². The molecule has 1 aromatic heterocycles. The molecule has 0 fully saturated rings. The number of ether oxygens (including phenoxy) is 3. The Morgan fingerprint density at radius 3 is 2.60 bits per heavy atom. The number of nitrogens with zero attached hydrogens (tertiary/aromatic N) is 1. The molecule has 0 saturated carbocycles. The van der Waals surface area contributed by atoms with Crippen molar-refractivity contribution in [3.63, 3.8) is 0 Å². The van der Waals surface area contributed by atoms with Gasteiger partial charge in [0, 0.05) is 30.6 Å². The van der Waals surface area contributed by atoms with Gasteiger partial charge < -0.3 is 19.5 Å². The minimum Gasteiger partial charge on any atom is -0.494 e. The van der Waals surface area contributed by atoms with Crippen LogP contribution in [-0.4, -0.2) is 24.6 Å². The van der Waals surface area contributed by atoms with Crippen LogP contribution >= 0.6 is 0 Å². The molecule has 0 spiro atoms. The van der Waals surface area contributed by atoms with Crippen LogP contribution in [0.2, 0.25) is 0 Å². The number of anilines is 1. The first-order chi connectivity index (χ1) is 14.6. The van der Waals surface area contributed by atoms with Crippen molar-refractivity contribution in [2.45, 2.75) is 26.4 Å². The SMILES string of the molecule is COc1ccc(NC(=O)CCCOc2cccc(C)c2)cc1OCc1ccncc1. The van der Waals surface area contributed by atoms with Crippen molar-refractivity contribution < 1.29 is 19.0 Å². The maximum Gasteiger partial charge on any atom is 0.224 e. The Labute approximate surface area is 176 Å². The second kappa shape index (κ2) is 10.9. The Bertz CT molecular complexity index is 960. The van der Waals surface area contributed by atoms with Gasteiger partial charge in [-0.25, -0.2) is 0 Å². The van der Waals surface area contributed by atoms with Crippen molar-refractivity contribution >= 4 is 11.6 Å². The summed E-state index contributed by atoms with van der Waals surface area (Å²) >= 11 is 0. The van der Waals surface area contributed by atoms with E-state index >= 15 is 0 Å². The van der Waals surface area contributed by atoms with Gasteiger partial charge in [0.15, 0.2) is 11.5 Å². The molecule has 30 heavy (non-hydrogen) atoms. The first-order valence-corrected chi connectivity index (χ1v) is 9.83. The molecular formula is C24H26N2O4. The van der Waals surface area contributed by atoms with E-state index in [1.54, 1.807) is 37.7 Å². The Morgan fingerprint density at radius 2 is 1.83 bits per heavy atom. The van der Waals surface area contributed by atoms with Crippen LogP contribution < -0.4 is 19.5 Å².